The van der Waals surface area contributed by atoms with E-state index in [1.54, 1.807) is 6.07 Å². The number of nitrogens with one attached hydrogen (secondary N) is 5. The van der Waals surface area contributed by atoms with Crippen molar-refractivity contribution in [1.82, 2.24) is 20.5 Å². The highest BCUT2D eigenvalue weighted by Gasteiger charge is 2.22. The van der Waals surface area contributed by atoms with Gasteiger partial charge < -0.3 is 36.3 Å². The average Bonchev–Trinajstić information content (AvgIpc) is 3.51. The maximum absolute atomic E-state index is 12.8. The molecular formula is C37H39ClN6O4S. The minimum absolute atomic E-state index is 0.0660. The largest absolute Gasteiger partial charge is 0.506 e. The molecule has 2 heterocycles. The number of piperidine rings is 1. The number of nitrogens with zero attached hydrogens (tertiary/aromatic N) is 1. The smallest absolute Gasteiger partial charge is 0.319 e. The van der Waals surface area contributed by atoms with E-state index in [9.17, 15) is 19.5 Å². The number of carbonyl (C=O) groups excluding carboxylic acids is 2. The van der Waals surface area contributed by atoms with Crippen LogP contribution >= 0.6 is 22.9 Å². The first-order chi connectivity index (χ1) is 23.8. The van der Waals surface area contributed by atoms with Gasteiger partial charge in [0.05, 0.1) is 21.1 Å². The first kappa shape index (κ1) is 34.2. The number of hydrogen-bond acceptors (Lipinski definition) is 7. The number of aromatic nitrogens is 1. The summed E-state index contributed by atoms with van der Waals surface area (Å²) in [4.78, 5) is 42.1. The number of likely N-dealkylation sites (tertiary alicyclic amines) is 1. The normalized spacial score (nSPS) is 13.7. The molecule has 1 aromatic heterocycles. The topological polar surface area (TPSA) is 139 Å². The fourth-order valence-corrected chi connectivity index (χ4v) is 7.22. The highest BCUT2D eigenvalue weighted by Crippen LogP contribution is 2.29. The van der Waals surface area contributed by atoms with Crippen LogP contribution in [0.2, 0.25) is 5.02 Å². The number of rotatable bonds is 12. The Morgan fingerprint density at radius 3 is 2.51 bits per heavy atom. The lowest BCUT2D eigenvalue weighted by Gasteiger charge is -2.32. The Morgan fingerprint density at radius 1 is 0.939 bits per heavy atom. The predicted molar refractivity (Wildman–Crippen MR) is 198 cm³/mol. The Balaban J connectivity index is 0.891. The van der Waals surface area contributed by atoms with E-state index in [2.05, 4.69) is 31.2 Å². The van der Waals surface area contributed by atoms with Crippen LogP contribution < -0.4 is 26.1 Å². The van der Waals surface area contributed by atoms with Crippen molar-refractivity contribution < 1.29 is 14.7 Å². The molecule has 0 saturated carbocycles. The molecule has 49 heavy (non-hydrogen) atoms. The van der Waals surface area contributed by atoms with Crippen molar-refractivity contribution in [3.05, 3.63) is 111 Å². The van der Waals surface area contributed by atoms with Crippen LogP contribution in [-0.4, -0.2) is 59.1 Å². The first-order valence-corrected chi connectivity index (χ1v) is 17.6. The van der Waals surface area contributed by atoms with E-state index in [0.29, 0.717) is 48.7 Å². The van der Waals surface area contributed by atoms with E-state index in [1.165, 1.54) is 0 Å². The lowest BCUT2D eigenvalue weighted by Crippen LogP contribution is -2.46. The summed E-state index contributed by atoms with van der Waals surface area (Å²) in [6, 6.07) is 26.6. The Morgan fingerprint density at radius 2 is 1.71 bits per heavy atom. The fraction of sp³-hybridized carbons (Fsp3) is 0.270. The van der Waals surface area contributed by atoms with Gasteiger partial charge in [-0.2, -0.15) is 0 Å². The molecule has 254 valence electrons. The zero-order chi connectivity index (χ0) is 34.2. The third-order valence-electron chi connectivity index (χ3n) is 8.68. The molecule has 1 aliphatic rings. The number of thiazole rings is 1. The number of H-pyrrole nitrogens is 1. The third kappa shape index (κ3) is 9.07. The van der Waals surface area contributed by atoms with Crippen molar-refractivity contribution in [2.75, 3.05) is 36.8 Å². The quantitative estimate of drug-likeness (QED) is 0.0816. The second-order valence-corrected chi connectivity index (χ2v) is 13.5. The number of carbonyl (C=O) groups is 2. The molecule has 12 heteroatoms. The van der Waals surface area contributed by atoms with Gasteiger partial charge >= 0.3 is 10.9 Å². The van der Waals surface area contributed by atoms with Gasteiger partial charge in [0.25, 0.3) is 0 Å². The molecule has 0 radical (unpaired) electrons. The van der Waals surface area contributed by atoms with Crippen LogP contribution in [0.5, 0.6) is 5.75 Å². The number of benzene rings is 4. The van der Waals surface area contributed by atoms with Crippen LogP contribution in [0.4, 0.5) is 16.2 Å². The highest BCUT2D eigenvalue weighted by atomic mass is 35.5. The molecule has 3 amide bonds. The van der Waals surface area contributed by atoms with Gasteiger partial charge in [-0.1, -0.05) is 83.6 Å². The standard InChI is InChI=1S/C37H39ClN6O4S/c38-29-22-24(23-39-18-14-26-11-13-32(45)34-35(26)49-37(48)43-34)10-12-31(29)41-33(46)17-21-44-19-15-27(16-20-44)40-36(47)42-30-9-5-4-8-28(30)25-6-2-1-3-7-25/h1-13,22,27,39,45H,14-21,23H2,(H,41,46)(H,43,48)(H2,40,42,47). The zero-order valence-electron chi connectivity index (χ0n) is 26.9. The summed E-state index contributed by atoms with van der Waals surface area (Å²) < 4.78 is 0.776. The molecule has 1 aliphatic heterocycles. The monoisotopic (exact) mass is 698 g/mol. The molecule has 0 aliphatic carbocycles. The number of para-hydroxylation sites is 1. The van der Waals surface area contributed by atoms with Gasteiger partial charge in [0, 0.05) is 44.2 Å². The van der Waals surface area contributed by atoms with Crippen LogP contribution in [0.25, 0.3) is 21.3 Å². The molecule has 6 rings (SSSR count). The zero-order valence-corrected chi connectivity index (χ0v) is 28.5. The van der Waals surface area contributed by atoms with Crippen LogP contribution in [-0.2, 0) is 17.8 Å². The number of anilines is 2. The number of halogens is 1. The van der Waals surface area contributed by atoms with Crippen LogP contribution in [0, 0.1) is 0 Å². The van der Waals surface area contributed by atoms with Crippen molar-refractivity contribution in [2.45, 2.75) is 38.3 Å². The molecule has 4 aromatic carbocycles. The summed E-state index contributed by atoms with van der Waals surface area (Å²) in [5.74, 6) is -0.0264. The minimum atomic E-state index is -0.215. The summed E-state index contributed by atoms with van der Waals surface area (Å²) >= 11 is 7.61. The molecule has 0 bridgehead atoms. The van der Waals surface area contributed by atoms with Crippen LogP contribution in [0.1, 0.15) is 30.4 Å². The van der Waals surface area contributed by atoms with Crippen molar-refractivity contribution in [3.8, 4) is 16.9 Å². The summed E-state index contributed by atoms with van der Waals surface area (Å²) in [6.45, 7) is 3.48. The molecule has 0 spiro atoms. The Kier molecular flexibility index (Phi) is 11.3. The number of aromatic amines is 1. The molecule has 1 saturated heterocycles. The maximum Gasteiger partial charge on any atom is 0.319 e. The number of hydrogen-bond donors (Lipinski definition) is 6. The van der Waals surface area contributed by atoms with Gasteiger partial charge in [-0.05, 0) is 66.8 Å². The summed E-state index contributed by atoms with van der Waals surface area (Å²) in [5.41, 5.74) is 5.82. The lowest BCUT2D eigenvalue weighted by molar-refractivity contribution is -0.116. The molecule has 10 nitrogen and oxygen atoms in total. The minimum Gasteiger partial charge on any atom is -0.506 e. The average molecular weight is 699 g/mol. The van der Waals surface area contributed by atoms with Crippen molar-refractivity contribution in [2.24, 2.45) is 0 Å². The van der Waals surface area contributed by atoms with E-state index in [0.717, 1.165) is 69.9 Å². The Bertz CT molecular complexity index is 1970. The number of phenols is 1. The Hall–Kier alpha value is -4.68. The van der Waals surface area contributed by atoms with Crippen molar-refractivity contribution in [1.29, 1.82) is 0 Å². The van der Waals surface area contributed by atoms with Gasteiger partial charge in [0.1, 0.15) is 11.3 Å². The predicted octanol–water partition coefficient (Wildman–Crippen LogP) is 6.56. The van der Waals surface area contributed by atoms with Gasteiger partial charge in [-0.3, -0.25) is 9.59 Å². The summed E-state index contributed by atoms with van der Waals surface area (Å²) in [5, 5.41) is 22.9. The van der Waals surface area contributed by atoms with Gasteiger partial charge in [0.2, 0.25) is 5.91 Å². The number of phenolic OH excluding ortho intramolecular Hbond substituents is 1. The van der Waals surface area contributed by atoms with Gasteiger partial charge in [0.15, 0.2) is 0 Å². The SMILES string of the molecule is O=C(CCN1CCC(NC(=O)Nc2ccccc2-c2ccccc2)CC1)Nc1ccc(CNCCc2ccc(O)c3[nH]c(=O)sc23)cc1Cl. The summed E-state index contributed by atoms with van der Waals surface area (Å²) in [6.07, 6.45) is 2.66. The molecule has 0 unspecified atom stereocenters. The van der Waals surface area contributed by atoms with E-state index in [4.69, 9.17) is 11.6 Å². The molecule has 5 aromatic rings. The van der Waals surface area contributed by atoms with Crippen LogP contribution in [0.15, 0.2) is 89.7 Å². The van der Waals surface area contributed by atoms with E-state index in [-0.39, 0.29) is 28.6 Å². The molecule has 0 atom stereocenters. The first-order valence-electron chi connectivity index (χ1n) is 16.4. The second kappa shape index (κ2) is 16.1. The van der Waals surface area contributed by atoms with Gasteiger partial charge in [-0.15, -0.1) is 0 Å². The third-order valence-corrected chi connectivity index (χ3v) is 9.96. The fourth-order valence-electron chi connectivity index (χ4n) is 6.07. The highest BCUT2D eigenvalue weighted by molar-refractivity contribution is 7.16. The number of aromatic hydroxyl groups is 1. The van der Waals surface area contributed by atoms with Crippen molar-refractivity contribution in [3.63, 3.8) is 0 Å². The maximum atomic E-state index is 12.8. The second-order valence-electron chi connectivity index (χ2n) is 12.1. The van der Waals surface area contributed by atoms with E-state index < -0.39 is 0 Å². The number of urea groups is 1. The lowest BCUT2D eigenvalue weighted by atomic mass is 10.0. The van der Waals surface area contributed by atoms with Crippen LogP contribution in [0.3, 0.4) is 0 Å². The van der Waals surface area contributed by atoms with E-state index in [1.807, 2.05) is 78.9 Å². The van der Waals surface area contributed by atoms with Crippen molar-refractivity contribution >= 4 is 56.5 Å². The molecular weight excluding hydrogens is 660 g/mol. The van der Waals surface area contributed by atoms with Gasteiger partial charge in [-0.25, -0.2) is 4.79 Å². The summed E-state index contributed by atoms with van der Waals surface area (Å²) in [7, 11) is 0. The number of fused-ring (bicyclic) bond motifs is 1. The molecule has 6 N–H and O–H groups in total. The Labute approximate surface area is 293 Å². The van der Waals surface area contributed by atoms with E-state index >= 15 is 0 Å². The number of amides is 3. The molecule has 1 fully saturated rings.